The van der Waals surface area contributed by atoms with Gasteiger partial charge in [-0.05, 0) is 44.0 Å². The van der Waals surface area contributed by atoms with Crippen LogP contribution in [0.1, 0.15) is 29.7 Å². The van der Waals surface area contributed by atoms with Gasteiger partial charge < -0.3 is 5.32 Å². The van der Waals surface area contributed by atoms with Gasteiger partial charge in [-0.15, -0.1) is 0 Å². The van der Waals surface area contributed by atoms with Crippen LogP contribution >= 0.6 is 11.8 Å². The molecule has 0 saturated carbocycles. The monoisotopic (exact) mass is 307 g/mol. The zero-order valence-electron chi connectivity index (χ0n) is 12.4. The molecule has 2 aromatic rings. The lowest BCUT2D eigenvalue weighted by Gasteiger charge is -2.20. The lowest BCUT2D eigenvalue weighted by atomic mass is 10.00. The number of hydrogen-bond donors (Lipinski definition) is 1. The van der Waals surface area contributed by atoms with E-state index < -0.39 is 5.76 Å². The topological polar surface area (TPSA) is 12.0 Å². The van der Waals surface area contributed by atoms with Gasteiger partial charge in [0.2, 0.25) is 0 Å². The van der Waals surface area contributed by atoms with Gasteiger partial charge in [-0.1, -0.05) is 47.7 Å². The zero-order chi connectivity index (χ0) is 15.4. The SMILES string of the molecule is Cc1ccc(C(C)Nc2ccccc2SC(F)F)c(C)c1. The first-order valence-electron chi connectivity index (χ1n) is 6.85. The molecule has 112 valence electrons. The van der Waals surface area contributed by atoms with Crippen molar-refractivity contribution in [2.24, 2.45) is 0 Å². The summed E-state index contributed by atoms with van der Waals surface area (Å²) in [4.78, 5) is 0.573. The predicted octanol–water partition coefficient (Wildman–Crippen LogP) is 5.79. The number of nitrogens with one attached hydrogen (secondary N) is 1. The van der Waals surface area contributed by atoms with Gasteiger partial charge >= 0.3 is 0 Å². The Kier molecular flexibility index (Phi) is 5.23. The summed E-state index contributed by atoms with van der Waals surface area (Å²) in [6.45, 7) is 6.17. The Morgan fingerprint density at radius 3 is 2.43 bits per heavy atom. The lowest BCUT2D eigenvalue weighted by molar-refractivity contribution is 0.252. The molecule has 0 aliphatic carbocycles. The molecule has 0 amide bonds. The molecule has 0 radical (unpaired) electrons. The molecule has 0 aromatic heterocycles. The maximum atomic E-state index is 12.6. The second kappa shape index (κ2) is 6.94. The van der Waals surface area contributed by atoms with E-state index in [9.17, 15) is 8.78 Å². The third-order valence-electron chi connectivity index (χ3n) is 3.37. The summed E-state index contributed by atoms with van der Waals surface area (Å²) >= 11 is 0.573. The minimum atomic E-state index is -2.41. The van der Waals surface area contributed by atoms with Crippen LogP contribution in [0.2, 0.25) is 0 Å². The Hall–Kier alpha value is -1.55. The van der Waals surface area contributed by atoms with E-state index in [2.05, 4.69) is 37.4 Å². The highest BCUT2D eigenvalue weighted by Gasteiger charge is 2.13. The molecular formula is C17H19F2NS. The van der Waals surface area contributed by atoms with Crippen LogP contribution in [0.15, 0.2) is 47.4 Å². The summed E-state index contributed by atoms with van der Waals surface area (Å²) in [5.41, 5.74) is 4.35. The van der Waals surface area contributed by atoms with Crippen molar-refractivity contribution in [2.45, 2.75) is 37.5 Å². The number of alkyl halides is 2. The predicted molar refractivity (Wildman–Crippen MR) is 86.3 cm³/mol. The fourth-order valence-corrected chi connectivity index (χ4v) is 3.01. The molecule has 0 bridgehead atoms. The molecule has 0 fully saturated rings. The number of rotatable bonds is 5. The first kappa shape index (κ1) is 15.8. The molecule has 1 N–H and O–H groups in total. The van der Waals surface area contributed by atoms with E-state index in [1.807, 2.05) is 19.1 Å². The summed E-state index contributed by atoms with van der Waals surface area (Å²) in [6, 6.07) is 13.5. The van der Waals surface area contributed by atoms with Crippen LogP contribution in [-0.2, 0) is 0 Å². The van der Waals surface area contributed by atoms with Crippen LogP contribution < -0.4 is 5.32 Å². The van der Waals surface area contributed by atoms with Crippen molar-refractivity contribution >= 4 is 17.4 Å². The van der Waals surface area contributed by atoms with Gasteiger partial charge in [-0.25, -0.2) is 0 Å². The number of thioether (sulfide) groups is 1. The molecular weight excluding hydrogens is 288 g/mol. The second-order valence-corrected chi connectivity index (χ2v) is 6.13. The third-order valence-corrected chi connectivity index (χ3v) is 4.16. The second-order valence-electron chi connectivity index (χ2n) is 5.10. The van der Waals surface area contributed by atoms with Crippen molar-refractivity contribution in [1.29, 1.82) is 0 Å². The molecule has 2 aromatic carbocycles. The van der Waals surface area contributed by atoms with E-state index >= 15 is 0 Å². The Morgan fingerprint density at radius 2 is 1.76 bits per heavy atom. The van der Waals surface area contributed by atoms with E-state index in [0.717, 1.165) is 5.69 Å². The van der Waals surface area contributed by atoms with E-state index in [1.165, 1.54) is 16.7 Å². The van der Waals surface area contributed by atoms with Crippen LogP contribution in [0, 0.1) is 13.8 Å². The van der Waals surface area contributed by atoms with Crippen molar-refractivity contribution in [3.05, 3.63) is 59.2 Å². The Morgan fingerprint density at radius 1 is 1.05 bits per heavy atom. The highest BCUT2D eigenvalue weighted by atomic mass is 32.2. The maximum Gasteiger partial charge on any atom is 0.288 e. The number of hydrogen-bond acceptors (Lipinski definition) is 2. The number of aryl methyl sites for hydroxylation is 2. The molecule has 0 aliphatic heterocycles. The van der Waals surface area contributed by atoms with Gasteiger partial charge in [0.15, 0.2) is 0 Å². The number of anilines is 1. The minimum Gasteiger partial charge on any atom is -0.378 e. The van der Waals surface area contributed by atoms with Gasteiger partial charge in [-0.3, -0.25) is 0 Å². The highest BCUT2D eigenvalue weighted by Crippen LogP contribution is 2.34. The smallest absolute Gasteiger partial charge is 0.288 e. The summed E-state index contributed by atoms with van der Waals surface area (Å²) in [6.07, 6.45) is 0. The standard InChI is InChI=1S/C17H19F2NS/c1-11-8-9-14(12(2)10-11)13(3)20-15-6-4-5-7-16(15)21-17(18)19/h4-10,13,17,20H,1-3H3. The summed E-state index contributed by atoms with van der Waals surface area (Å²) in [5.74, 6) is -2.41. The molecule has 1 nitrogen and oxygen atoms in total. The third kappa shape index (κ3) is 4.21. The van der Waals surface area contributed by atoms with Crippen LogP contribution in [-0.4, -0.2) is 5.76 Å². The summed E-state index contributed by atoms with van der Waals surface area (Å²) in [7, 11) is 0. The Labute approximate surface area is 128 Å². The molecule has 2 rings (SSSR count). The van der Waals surface area contributed by atoms with Crippen molar-refractivity contribution in [3.63, 3.8) is 0 Å². The molecule has 1 unspecified atom stereocenters. The number of halogens is 2. The average molecular weight is 307 g/mol. The van der Waals surface area contributed by atoms with E-state index in [4.69, 9.17) is 0 Å². The number of para-hydroxylation sites is 1. The van der Waals surface area contributed by atoms with E-state index in [1.54, 1.807) is 12.1 Å². The van der Waals surface area contributed by atoms with Crippen molar-refractivity contribution < 1.29 is 8.78 Å². The molecule has 0 saturated heterocycles. The lowest BCUT2D eigenvalue weighted by Crippen LogP contribution is -2.09. The first-order valence-corrected chi connectivity index (χ1v) is 7.73. The zero-order valence-corrected chi connectivity index (χ0v) is 13.2. The van der Waals surface area contributed by atoms with Gasteiger partial charge in [0, 0.05) is 16.6 Å². The summed E-state index contributed by atoms with van der Waals surface area (Å²) in [5, 5.41) is 3.34. The minimum absolute atomic E-state index is 0.0602. The van der Waals surface area contributed by atoms with Crippen LogP contribution in [0.4, 0.5) is 14.5 Å². The Bertz CT molecular complexity index is 613. The molecule has 0 heterocycles. The normalized spacial score (nSPS) is 12.5. The Balaban J connectivity index is 2.21. The largest absolute Gasteiger partial charge is 0.378 e. The van der Waals surface area contributed by atoms with Gasteiger partial charge in [0.1, 0.15) is 0 Å². The molecule has 0 aliphatic rings. The number of benzene rings is 2. The van der Waals surface area contributed by atoms with E-state index in [0.29, 0.717) is 16.7 Å². The average Bonchev–Trinajstić information content (AvgIpc) is 2.40. The highest BCUT2D eigenvalue weighted by molar-refractivity contribution is 7.99. The van der Waals surface area contributed by atoms with Gasteiger partial charge in [0.25, 0.3) is 5.76 Å². The van der Waals surface area contributed by atoms with Crippen LogP contribution in [0.3, 0.4) is 0 Å². The van der Waals surface area contributed by atoms with Crippen molar-refractivity contribution in [1.82, 2.24) is 0 Å². The molecule has 1 atom stereocenters. The van der Waals surface area contributed by atoms with Crippen LogP contribution in [0.5, 0.6) is 0 Å². The fraction of sp³-hybridized carbons (Fsp3) is 0.294. The summed E-state index contributed by atoms with van der Waals surface area (Å²) < 4.78 is 25.2. The van der Waals surface area contributed by atoms with Crippen molar-refractivity contribution in [2.75, 3.05) is 5.32 Å². The fourth-order valence-electron chi connectivity index (χ4n) is 2.41. The molecule has 4 heteroatoms. The molecule has 21 heavy (non-hydrogen) atoms. The van der Waals surface area contributed by atoms with Crippen molar-refractivity contribution in [3.8, 4) is 0 Å². The van der Waals surface area contributed by atoms with E-state index in [-0.39, 0.29) is 6.04 Å². The maximum absolute atomic E-state index is 12.6. The quantitative estimate of drug-likeness (QED) is 0.701. The molecule has 0 spiro atoms. The first-order chi connectivity index (χ1) is 9.97. The van der Waals surface area contributed by atoms with Crippen LogP contribution in [0.25, 0.3) is 0 Å². The van der Waals surface area contributed by atoms with Gasteiger partial charge in [0.05, 0.1) is 0 Å². The van der Waals surface area contributed by atoms with Gasteiger partial charge in [-0.2, -0.15) is 8.78 Å².